The number of aliphatic carboxylic acids is 1. The smallest absolute Gasteiger partial charge is 0.305 e. The molecule has 5 heteroatoms. The maximum Gasteiger partial charge on any atom is 0.305 e. The van der Waals surface area contributed by atoms with E-state index in [4.69, 9.17) is 9.84 Å². The molecule has 1 N–H and O–H groups in total. The standard InChI is InChI=1S/C14H23NO4/c1-13(2)11(14(13,3)4)12(18)15-5-6-19-8-9(15)7-10(16)17/h9,11H,5-8H2,1-4H3,(H,16,17). The molecule has 0 spiro atoms. The highest BCUT2D eigenvalue weighted by Gasteiger charge is 2.69. The second-order valence-electron chi connectivity index (χ2n) is 6.73. The molecule has 1 aliphatic heterocycles. The fraction of sp³-hybridized carbons (Fsp3) is 0.857. The van der Waals surface area contributed by atoms with Gasteiger partial charge in [-0.1, -0.05) is 27.7 Å². The minimum atomic E-state index is -0.886. The molecule has 2 fully saturated rings. The number of morpholine rings is 1. The summed E-state index contributed by atoms with van der Waals surface area (Å²) in [6, 6.07) is -0.328. The summed E-state index contributed by atoms with van der Waals surface area (Å²) in [5, 5.41) is 8.93. The zero-order valence-corrected chi connectivity index (χ0v) is 12.1. The lowest BCUT2D eigenvalue weighted by Gasteiger charge is -2.35. The third kappa shape index (κ3) is 2.24. The van der Waals surface area contributed by atoms with Crippen molar-refractivity contribution < 1.29 is 19.4 Å². The number of ether oxygens (including phenoxy) is 1. The molecule has 19 heavy (non-hydrogen) atoms. The van der Waals surface area contributed by atoms with Gasteiger partial charge in [-0.05, 0) is 10.8 Å². The van der Waals surface area contributed by atoms with Gasteiger partial charge in [0, 0.05) is 12.5 Å². The first-order chi connectivity index (χ1) is 8.69. The summed E-state index contributed by atoms with van der Waals surface area (Å²) in [4.78, 5) is 25.3. The van der Waals surface area contributed by atoms with Crippen molar-refractivity contribution in [3.05, 3.63) is 0 Å². The zero-order chi connectivity index (χ0) is 14.4. The van der Waals surface area contributed by atoms with Crippen LogP contribution in [0.1, 0.15) is 34.1 Å². The van der Waals surface area contributed by atoms with Crippen molar-refractivity contribution in [2.75, 3.05) is 19.8 Å². The van der Waals surface area contributed by atoms with Crippen LogP contribution in [-0.2, 0) is 14.3 Å². The molecule has 0 aromatic carbocycles. The third-order valence-corrected chi connectivity index (χ3v) is 5.19. The number of carbonyl (C=O) groups excluding carboxylic acids is 1. The molecule has 1 aliphatic carbocycles. The number of carbonyl (C=O) groups is 2. The van der Waals surface area contributed by atoms with Crippen LogP contribution in [0.5, 0.6) is 0 Å². The molecule has 0 radical (unpaired) electrons. The van der Waals surface area contributed by atoms with Crippen LogP contribution in [0.15, 0.2) is 0 Å². The van der Waals surface area contributed by atoms with Crippen molar-refractivity contribution in [1.82, 2.24) is 4.90 Å². The Morgan fingerprint density at radius 1 is 1.26 bits per heavy atom. The lowest BCUT2D eigenvalue weighted by atomic mass is 10.0. The van der Waals surface area contributed by atoms with Crippen molar-refractivity contribution in [3.8, 4) is 0 Å². The molecule has 1 saturated carbocycles. The van der Waals surface area contributed by atoms with Crippen LogP contribution >= 0.6 is 0 Å². The van der Waals surface area contributed by atoms with E-state index in [1.54, 1.807) is 4.90 Å². The van der Waals surface area contributed by atoms with Gasteiger partial charge in [-0.3, -0.25) is 9.59 Å². The Morgan fingerprint density at radius 2 is 1.84 bits per heavy atom. The first kappa shape index (κ1) is 14.3. The zero-order valence-electron chi connectivity index (χ0n) is 12.1. The summed E-state index contributed by atoms with van der Waals surface area (Å²) in [5.41, 5.74) is -0.0354. The van der Waals surface area contributed by atoms with Gasteiger partial charge in [0.25, 0.3) is 0 Å². The van der Waals surface area contributed by atoms with Crippen LogP contribution < -0.4 is 0 Å². The fourth-order valence-corrected chi connectivity index (χ4v) is 3.30. The van der Waals surface area contributed by atoms with Gasteiger partial charge >= 0.3 is 5.97 Å². The molecule has 1 atom stereocenters. The van der Waals surface area contributed by atoms with Crippen molar-refractivity contribution in [2.24, 2.45) is 16.7 Å². The molecule has 0 aromatic rings. The number of amides is 1. The number of nitrogens with zero attached hydrogens (tertiary/aromatic N) is 1. The molecule has 1 saturated heterocycles. The maximum atomic E-state index is 12.7. The highest BCUT2D eigenvalue weighted by molar-refractivity contribution is 5.85. The van der Waals surface area contributed by atoms with Crippen LogP contribution in [0.3, 0.4) is 0 Å². The topological polar surface area (TPSA) is 66.8 Å². The molecule has 1 unspecified atom stereocenters. The number of hydrogen-bond acceptors (Lipinski definition) is 3. The molecule has 2 rings (SSSR count). The van der Waals surface area contributed by atoms with E-state index in [-0.39, 0.29) is 35.1 Å². The molecule has 1 heterocycles. The van der Waals surface area contributed by atoms with E-state index >= 15 is 0 Å². The highest BCUT2D eigenvalue weighted by Crippen LogP contribution is 2.68. The Labute approximate surface area is 113 Å². The molecule has 5 nitrogen and oxygen atoms in total. The molecule has 0 bridgehead atoms. The summed E-state index contributed by atoms with van der Waals surface area (Å²) in [5.74, 6) is -0.818. The predicted octanol–water partition coefficient (Wildman–Crippen LogP) is 1.37. The molecule has 1 amide bonds. The van der Waals surface area contributed by atoms with Crippen molar-refractivity contribution in [1.29, 1.82) is 0 Å². The molecule has 2 aliphatic rings. The van der Waals surface area contributed by atoms with E-state index < -0.39 is 5.97 Å². The highest BCUT2D eigenvalue weighted by atomic mass is 16.5. The summed E-state index contributed by atoms with van der Waals surface area (Å²) < 4.78 is 5.31. The summed E-state index contributed by atoms with van der Waals surface area (Å²) in [6.45, 7) is 9.72. The molecule has 0 aromatic heterocycles. The van der Waals surface area contributed by atoms with Crippen LogP contribution in [0.2, 0.25) is 0 Å². The monoisotopic (exact) mass is 269 g/mol. The maximum absolute atomic E-state index is 12.7. The molecular weight excluding hydrogens is 246 g/mol. The first-order valence-corrected chi connectivity index (χ1v) is 6.79. The van der Waals surface area contributed by atoms with Crippen LogP contribution in [0, 0.1) is 16.7 Å². The SMILES string of the molecule is CC1(C)C(C(=O)N2CCOCC2CC(=O)O)C1(C)C. The first-order valence-electron chi connectivity index (χ1n) is 6.79. The largest absolute Gasteiger partial charge is 0.481 e. The average molecular weight is 269 g/mol. The van der Waals surface area contributed by atoms with Gasteiger partial charge in [-0.2, -0.15) is 0 Å². The second-order valence-corrected chi connectivity index (χ2v) is 6.73. The summed E-state index contributed by atoms with van der Waals surface area (Å²) >= 11 is 0. The number of carboxylic acids is 1. The van der Waals surface area contributed by atoms with Crippen molar-refractivity contribution in [2.45, 2.75) is 40.2 Å². The number of hydrogen-bond donors (Lipinski definition) is 1. The Kier molecular flexibility index (Phi) is 3.37. The van der Waals surface area contributed by atoms with Crippen LogP contribution in [0.25, 0.3) is 0 Å². The van der Waals surface area contributed by atoms with E-state index in [2.05, 4.69) is 27.7 Å². The van der Waals surface area contributed by atoms with Gasteiger partial charge in [0.1, 0.15) is 0 Å². The van der Waals surface area contributed by atoms with Gasteiger partial charge in [0.15, 0.2) is 0 Å². The summed E-state index contributed by atoms with van der Waals surface area (Å²) in [7, 11) is 0. The van der Waals surface area contributed by atoms with E-state index in [9.17, 15) is 9.59 Å². The van der Waals surface area contributed by atoms with Crippen molar-refractivity contribution in [3.63, 3.8) is 0 Å². The van der Waals surface area contributed by atoms with E-state index in [0.29, 0.717) is 19.8 Å². The second kappa shape index (κ2) is 4.47. The van der Waals surface area contributed by atoms with Crippen molar-refractivity contribution >= 4 is 11.9 Å². The van der Waals surface area contributed by atoms with E-state index in [1.165, 1.54) is 0 Å². The normalized spacial score (nSPS) is 29.1. The van der Waals surface area contributed by atoms with E-state index in [1.807, 2.05) is 0 Å². The quantitative estimate of drug-likeness (QED) is 0.840. The Bertz CT molecular complexity index is 388. The number of rotatable bonds is 3. The molecular formula is C14H23NO4. The third-order valence-electron chi connectivity index (χ3n) is 5.19. The van der Waals surface area contributed by atoms with Gasteiger partial charge in [0.2, 0.25) is 5.91 Å². The number of carboxylic acid groups (broad SMARTS) is 1. The van der Waals surface area contributed by atoms with Gasteiger partial charge in [-0.15, -0.1) is 0 Å². The van der Waals surface area contributed by atoms with E-state index in [0.717, 1.165) is 0 Å². The summed E-state index contributed by atoms with van der Waals surface area (Å²) in [6.07, 6.45) is -0.0423. The fourth-order valence-electron chi connectivity index (χ4n) is 3.30. The average Bonchev–Trinajstić information content (AvgIpc) is 2.68. The lowest BCUT2D eigenvalue weighted by Crippen LogP contribution is -2.50. The van der Waals surface area contributed by atoms with Crippen LogP contribution in [-0.4, -0.2) is 47.7 Å². The Morgan fingerprint density at radius 3 is 2.32 bits per heavy atom. The van der Waals surface area contributed by atoms with Crippen LogP contribution in [0.4, 0.5) is 0 Å². The Hall–Kier alpha value is -1.10. The van der Waals surface area contributed by atoms with Gasteiger partial charge < -0.3 is 14.7 Å². The van der Waals surface area contributed by atoms with Gasteiger partial charge in [-0.25, -0.2) is 0 Å². The minimum Gasteiger partial charge on any atom is -0.481 e. The minimum absolute atomic E-state index is 0.0177. The van der Waals surface area contributed by atoms with Gasteiger partial charge in [0.05, 0.1) is 25.7 Å². The lowest BCUT2D eigenvalue weighted by molar-refractivity contribution is -0.147. The molecule has 108 valence electrons. The predicted molar refractivity (Wildman–Crippen MR) is 69.6 cm³/mol. The Balaban J connectivity index is 2.11.